The van der Waals surface area contributed by atoms with E-state index in [9.17, 15) is 4.39 Å². The van der Waals surface area contributed by atoms with Crippen molar-refractivity contribution in [2.75, 3.05) is 57.4 Å². The molecule has 0 aromatic heterocycles. The van der Waals surface area contributed by atoms with Gasteiger partial charge in [0.2, 0.25) is 0 Å². The van der Waals surface area contributed by atoms with E-state index in [4.69, 9.17) is 9.47 Å². The summed E-state index contributed by atoms with van der Waals surface area (Å²) in [7, 11) is 0. The lowest BCUT2D eigenvalue weighted by Crippen LogP contribution is -2.50. The molecule has 2 aliphatic heterocycles. The third-order valence-electron chi connectivity index (χ3n) is 3.91. The van der Waals surface area contributed by atoms with Gasteiger partial charge in [-0.15, -0.1) is 0 Å². The van der Waals surface area contributed by atoms with Gasteiger partial charge in [-0.2, -0.15) is 0 Å². The van der Waals surface area contributed by atoms with Crippen molar-refractivity contribution in [3.05, 3.63) is 30.1 Å². The van der Waals surface area contributed by atoms with E-state index in [0.717, 1.165) is 32.7 Å². The van der Waals surface area contributed by atoms with Crippen LogP contribution in [0.2, 0.25) is 0 Å². The topological polar surface area (TPSA) is 24.9 Å². The summed E-state index contributed by atoms with van der Waals surface area (Å²) in [6.45, 7) is 6.58. The highest BCUT2D eigenvalue weighted by Crippen LogP contribution is 2.20. The van der Waals surface area contributed by atoms with Gasteiger partial charge in [-0.3, -0.25) is 4.90 Å². The first-order valence-corrected chi connectivity index (χ1v) is 7.24. The first-order chi connectivity index (χ1) is 9.83. The van der Waals surface area contributed by atoms with Crippen LogP contribution in [0.25, 0.3) is 0 Å². The van der Waals surface area contributed by atoms with Gasteiger partial charge in [0, 0.05) is 32.7 Å². The third-order valence-corrected chi connectivity index (χ3v) is 3.91. The van der Waals surface area contributed by atoms with E-state index in [2.05, 4.69) is 9.80 Å². The predicted molar refractivity (Wildman–Crippen MR) is 75.6 cm³/mol. The van der Waals surface area contributed by atoms with Crippen molar-refractivity contribution >= 4 is 5.69 Å². The lowest BCUT2D eigenvalue weighted by molar-refractivity contribution is -0.0977. The minimum absolute atomic E-state index is 0.134. The maximum absolute atomic E-state index is 13.8. The Balaban J connectivity index is 1.50. The largest absolute Gasteiger partial charge is 0.376 e. The number of para-hydroxylation sites is 1. The number of hydrogen-bond acceptors (Lipinski definition) is 4. The molecule has 1 aromatic carbocycles. The lowest BCUT2D eigenvalue weighted by Gasteiger charge is -2.38. The molecule has 1 aromatic rings. The average molecular weight is 280 g/mol. The van der Waals surface area contributed by atoms with Crippen molar-refractivity contribution in [1.29, 1.82) is 0 Å². The summed E-state index contributed by atoms with van der Waals surface area (Å²) in [5, 5.41) is 0. The minimum Gasteiger partial charge on any atom is -0.376 e. The average Bonchev–Trinajstić information content (AvgIpc) is 2.50. The van der Waals surface area contributed by atoms with Crippen LogP contribution in [0, 0.1) is 5.82 Å². The Hall–Kier alpha value is -1.17. The van der Waals surface area contributed by atoms with Gasteiger partial charge in [0.05, 0.1) is 31.6 Å². The second-order valence-corrected chi connectivity index (χ2v) is 5.31. The molecule has 0 N–H and O–H groups in total. The molecule has 2 fully saturated rings. The highest BCUT2D eigenvalue weighted by molar-refractivity contribution is 5.47. The van der Waals surface area contributed by atoms with E-state index in [1.54, 1.807) is 6.07 Å². The lowest BCUT2D eigenvalue weighted by atomic mass is 10.2. The predicted octanol–water partition coefficient (Wildman–Crippen LogP) is 1.36. The number of hydrogen-bond donors (Lipinski definition) is 0. The van der Waals surface area contributed by atoms with Gasteiger partial charge in [-0.05, 0) is 12.1 Å². The Morgan fingerprint density at radius 2 is 1.90 bits per heavy atom. The molecule has 20 heavy (non-hydrogen) atoms. The summed E-state index contributed by atoms with van der Waals surface area (Å²) < 4.78 is 24.8. The third kappa shape index (κ3) is 3.29. The van der Waals surface area contributed by atoms with Gasteiger partial charge in [0.25, 0.3) is 0 Å². The van der Waals surface area contributed by atoms with E-state index < -0.39 is 0 Å². The van der Waals surface area contributed by atoms with Gasteiger partial charge in [-0.1, -0.05) is 12.1 Å². The summed E-state index contributed by atoms with van der Waals surface area (Å²) in [5.74, 6) is -0.134. The van der Waals surface area contributed by atoms with Crippen molar-refractivity contribution in [2.45, 2.75) is 6.10 Å². The zero-order chi connectivity index (χ0) is 13.8. The smallest absolute Gasteiger partial charge is 0.146 e. The molecule has 2 aliphatic rings. The zero-order valence-electron chi connectivity index (χ0n) is 11.6. The van der Waals surface area contributed by atoms with Crippen LogP contribution in [-0.2, 0) is 9.47 Å². The van der Waals surface area contributed by atoms with E-state index in [1.165, 1.54) is 6.07 Å². The molecule has 5 heteroatoms. The monoisotopic (exact) mass is 280 g/mol. The molecule has 2 heterocycles. The molecule has 0 amide bonds. The number of nitrogens with zero attached hydrogens (tertiary/aromatic N) is 2. The number of anilines is 1. The molecule has 0 spiro atoms. The molecule has 1 unspecified atom stereocenters. The first kappa shape index (κ1) is 13.8. The summed E-state index contributed by atoms with van der Waals surface area (Å²) >= 11 is 0. The quantitative estimate of drug-likeness (QED) is 0.835. The normalized spacial score (nSPS) is 24.9. The summed E-state index contributed by atoms with van der Waals surface area (Å²) in [4.78, 5) is 4.49. The Morgan fingerprint density at radius 1 is 1.10 bits per heavy atom. The van der Waals surface area contributed by atoms with Crippen LogP contribution in [-0.4, -0.2) is 63.5 Å². The standard InChI is InChI=1S/C15H21FN2O2/c16-14-3-1-2-4-15(14)18-7-5-17(6-8-18)11-13-12-19-9-10-20-13/h1-4,13H,5-12H2. The number of halogens is 1. The van der Waals surface area contributed by atoms with E-state index in [1.807, 2.05) is 12.1 Å². The number of piperazine rings is 1. The highest BCUT2D eigenvalue weighted by Gasteiger charge is 2.23. The number of benzene rings is 1. The second-order valence-electron chi connectivity index (χ2n) is 5.31. The Labute approximate surface area is 119 Å². The van der Waals surface area contributed by atoms with Gasteiger partial charge in [-0.25, -0.2) is 4.39 Å². The fraction of sp³-hybridized carbons (Fsp3) is 0.600. The van der Waals surface area contributed by atoms with Crippen LogP contribution < -0.4 is 4.90 Å². The molecule has 3 rings (SSSR count). The van der Waals surface area contributed by atoms with Crippen molar-refractivity contribution in [3.63, 3.8) is 0 Å². The number of ether oxygens (including phenoxy) is 2. The highest BCUT2D eigenvalue weighted by atomic mass is 19.1. The fourth-order valence-corrected chi connectivity index (χ4v) is 2.81. The zero-order valence-corrected chi connectivity index (χ0v) is 11.6. The van der Waals surface area contributed by atoms with Crippen molar-refractivity contribution in [2.24, 2.45) is 0 Å². The van der Waals surface area contributed by atoms with E-state index >= 15 is 0 Å². The SMILES string of the molecule is Fc1ccccc1N1CCN(CC2COCCO2)CC1. The Morgan fingerprint density at radius 3 is 2.60 bits per heavy atom. The second kappa shape index (κ2) is 6.52. The Bertz CT molecular complexity index is 430. The van der Waals surface area contributed by atoms with Gasteiger partial charge in [0.1, 0.15) is 5.82 Å². The van der Waals surface area contributed by atoms with Gasteiger partial charge in [0.15, 0.2) is 0 Å². The van der Waals surface area contributed by atoms with Gasteiger partial charge >= 0.3 is 0 Å². The maximum Gasteiger partial charge on any atom is 0.146 e. The van der Waals surface area contributed by atoms with E-state index in [-0.39, 0.29) is 11.9 Å². The van der Waals surface area contributed by atoms with Crippen molar-refractivity contribution in [3.8, 4) is 0 Å². The van der Waals surface area contributed by atoms with Crippen LogP contribution in [0.4, 0.5) is 10.1 Å². The molecular weight excluding hydrogens is 259 g/mol. The molecule has 110 valence electrons. The molecule has 1 atom stereocenters. The summed E-state index contributed by atoms with van der Waals surface area (Å²) in [6.07, 6.45) is 0.184. The minimum atomic E-state index is -0.134. The summed E-state index contributed by atoms with van der Waals surface area (Å²) in [5.41, 5.74) is 0.712. The molecule has 2 saturated heterocycles. The van der Waals surface area contributed by atoms with Crippen LogP contribution >= 0.6 is 0 Å². The van der Waals surface area contributed by atoms with Crippen LogP contribution in [0.3, 0.4) is 0 Å². The molecule has 0 bridgehead atoms. The van der Waals surface area contributed by atoms with Crippen molar-refractivity contribution in [1.82, 2.24) is 4.90 Å². The Kier molecular flexibility index (Phi) is 4.50. The van der Waals surface area contributed by atoms with Crippen LogP contribution in [0.15, 0.2) is 24.3 Å². The molecule has 4 nitrogen and oxygen atoms in total. The molecule has 0 radical (unpaired) electrons. The first-order valence-electron chi connectivity index (χ1n) is 7.24. The summed E-state index contributed by atoms with van der Waals surface area (Å²) in [6, 6.07) is 6.99. The molecular formula is C15H21FN2O2. The maximum atomic E-state index is 13.8. The fourth-order valence-electron chi connectivity index (χ4n) is 2.81. The van der Waals surface area contributed by atoms with Crippen LogP contribution in [0.1, 0.15) is 0 Å². The van der Waals surface area contributed by atoms with Crippen LogP contribution in [0.5, 0.6) is 0 Å². The van der Waals surface area contributed by atoms with Crippen molar-refractivity contribution < 1.29 is 13.9 Å². The number of rotatable bonds is 3. The van der Waals surface area contributed by atoms with E-state index in [0.29, 0.717) is 25.5 Å². The molecule has 0 aliphatic carbocycles. The molecule has 0 saturated carbocycles. The van der Waals surface area contributed by atoms with Gasteiger partial charge < -0.3 is 14.4 Å².